The second-order valence-electron chi connectivity index (χ2n) is 7.12. The first-order valence-electron chi connectivity index (χ1n) is 9.76. The minimum Gasteiger partial charge on any atom is -0.463 e. The predicted octanol–water partition coefficient (Wildman–Crippen LogP) is 5.29. The number of ether oxygens (including phenoxy) is 1. The lowest BCUT2D eigenvalue weighted by atomic mass is 9.96. The van der Waals surface area contributed by atoms with Crippen LogP contribution in [0.5, 0.6) is 0 Å². The molecule has 0 spiro atoms. The van der Waals surface area contributed by atoms with Crippen molar-refractivity contribution >= 4 is 44.5 Å². The highest BCUT2D eigenvalue weighted by molar-refractivity contribution is 9.10. The summed E-state index contributed by atoms with van der Waals surface area (Å²) in [5.74, 6) is 0.456. The Morgan fingerprint density at radius 3 is 2.43 bits per heavy atom. The van der Waals surface area contributed by atoms with Crippen molar-refractivity contribution in [2.75, 3.05) is 25.6 Å². The van der Waals surface area contributed by atoms with E-state index in [2.05, 4.69) is 33.4 Å². The average molecular weight is 488 g/mol. The normalized spacial score (nSPS) is 16.0. The molecule has 1 aliphatic rings. The molecule has 0 saturated carbocycles. The number of carbonyl (C=O) groups is 1. The van der Waals surface area contributed by atoms with Crippen molar-refractivity contribution in [1.82, 2.24) is 5.32 Å². The molecule has 0 fully saturated rings. The summed E-state index contributed by atoms with van der Waals surface area (Å²) in [6, 6.07) is 16.0. The van der Waals surface area contributed by atoms with Crippen LogP contribution >= 0.6 is 27.7 Å². The van der Waals surface area contributed by atoms with E-state index < -0.39 is 6.04 Å². The minimum atomic E-state index is -0.395. The number of carbonyl (C=O) groups excluding carboxylic acids is 1. The number of aliphatic imine (C=N–C) groups is 1. The first-order chi connectivity index (χ1) is 14.4. The molecule has 0 aromatic heterocycles. The number of nitrogens with one attached hydrogen (secondary N) is 1. The Hall–Kier alpha value is -2.25. The molecule has 30 heavy (non-hydrogen) atoms. The van der Waals surface area contributed by atoms with Gasteiger partial charge in [0.15, 0.2) is 5.17 Å². The molecule has 1 heterocycles. The summed E-state index contributed by atoms with van der Waals surface area (Å²) in [5, 5.41) is 4.09. The van der Waals surface area contributed by atoms with Gasteiger partial charge >= 0.3 is 5.97 Å². The highest BCUT2D eigenvalue weighted by atomic mass is 79.9. The van der Waals surface area contributed by atoms with Crippen molar-refractivity contribution in [3.05, 3.63) is 75.4 Å². The quantitative estimate of drug-likeness (QED) is 0.561. The molecule has 0 unspecified atom stereocenters. The van der Waals surface area contributed by atoms with Crippen molar-refractivity contribution in [1.29, 1.82) is 0 Å². The third-order valence-corrected chi connectivity index (χ3v) is 6.21. The summed E-state index contributed by atoms with van der Waals surface area (Å²) in [7, 11) is 4.01. The van der Waals surface area contributed by atoms with Gasteiger partial charge in [0.05, 0.1) is 12.2 Å². The zero-order valence-corrected chi connectivity index (χ0v) is 20.0. The highest BCUT2D eigenvalue weighted by Gasteiger charge is 2.30. The number of anilines is 1. The van der Waals surface area contributed by atoms with E-state index in [4.69, 9.17) is 9.73 Å². The van der Waals surface area contributed by atoms with Crippen molar-refractivity contribution in [2.24, 2.45) is 4.99 Å². The number of esters is 1. The van der Waals surface area contributed by atoms with E-state index in [1.807, 2.05) is 69.2 Å². The fourth-order valence-electron chi connectivity index (χ4n) is 3.12. The van der Waals surface area contributed by atoms with E-state index in [1.54, 1.807) is 11.8 Å². The zero-order chi connectivity index (χ0) is 21.7. The van der Waals surface area contributed by atoms with Crippen LogP contribution in [0, 0.1) is 0 Å². The third-order valence-electron chi connectivity index (χ3n) is 4.73. The number of benzene rings is 2. The molecule has 0 bridgehead atoms. The van der Waals surface area contributed by atoms with Gasteiger partial charge in [-0.15, -0.1) is 0 Å². The van der Waals surface area contributed by atoms with Gasteiger partial charge in [0, 0.05) is 35.7 Å². The van der Waals surface area contributed by atoms with Gasteiger partial charge in [-0.25, -0.2) is 9.79 Å². The summed E-state index contributed by atoms with van der Waals surface area (Å²) >= 11 is 5.09. The summed E-state index contributed by atoms with van der Waals surface area (Å²) in [5.41, 5.74) is 4.61. The third kappa shape index (κ3) is 5.46. The van der Waals surface area contributed by atoms with Crippen LogP contribution in [0.1, 0.15) is 31.0 Å². The maximum absolute atomic E-state index is 12.7. The second-order valence-corrected chi connectivity index (χ2v) is 9.00. The Kier molecular flexibility index (Phi) is 7.61. The van der Waals surface area contributed by atoms with Crippen LogP contribution in [0.4, 0.5) is 5.69 Å². The van der Waals surface area contributed by atoms with Crippen molar-refractivity contribution in [2.45, 2.75) is 25.6 Å². The molecule has 1 atom stereocenters. The maximum atomic E-state index is 12.7. The summed E-state index contributed by atoms with van der Waals surface area (Å²) < 4.78 is 6.37. The van der Waals surface area contributed by atoms with Gasteiger partial charge < -0.3 is 15.0 Å². The van der Waals surface area contributed by atoms with Crippen LogP contribution in [0.3, 0.4) is 0 Å². The molecular weight excluding hydrogens is 462 g/mol. The van der Waals surface area contributed by atoms with Gasteiger partial charge in [0.25, 0.3) is 0 Å². The van der Waals surface area contributed by atoms with E-state index >= 15 is 0 Å². The Labute approximate surface area is 190 Å². The molecule has 158 valence electrons. The lowest BCUT2D eigenvalue weighted by Crippen LogP contribution is -2.30. The van der Waals surface area contributed by atoms with Crippen LogP contribution in [0.2, 0.25) is 0 Å². The Morgan fingerprint density at radius 1 is 1.17 bits per heavy atom. The Balaban J connectivity index is 1.87. The van der Waals surface area contributed by atoms with Crippen molar-refractivity contribution < 1.29 is 9.53 Å². The Bertz CT molecular complexity index is 953. The number of allylic oxidation sites excluding steroid dienone is 1. The molecule has 2 aromatic rings. The molecule has 0 aliphatic carbocycles. The maximum Gasteiger partial charge on any atom is 0.338 e. The number of thioether (sulfide) groups is 1. The summed E-state index contributed by atoms with van der Waals surface area (Å²) in [4.78, 5) is 19.6. The van der Waals surface area contributed by atoms with Crippen molar-refractivity contribution in [3.63, 3.8) is 0 Å². The van der Waals surface area contributed by atoms with Gasteiger partial charge in [0.2, 0.25) is 0 Å². The average Bonchev–Trinajstić information content (AvgIpc) is 2.73. The van der Waals surface area contributed by atoms with E-state index in [0.717, 1.165) is 32.3 Å². The van der Waals surface area contributed by atoms with Crippen molar-refractivity contribution in [3.8, 4) is 0 Å². The molecule has 0 radical (unpaired) electrons. The first kappa shape index (κ1) is 22.4. The monoisotopic (exact) mass is 487 g/mol. The van der Waals surface area contributed by atoms with Crippen LogP contribution in [-0.2, 0) is 15.3 Å². The standard InChI is InChI=1S/C23H26BrN3O2S/c1-5-29-22(28)20-15(2)25-23(30-14-16-6-10-18(24)11-7-16)26-21(20)17-8-12-19(13-9-17)27(3)4/h6-13,21H,5,14H2,1-4H3,(H,25,26)/t21-/m1/s1. The second kappa shape index (κ2) is 10.2. The molecule has 2 aromatic carbocycles. The SMILES string of the molecule is CCOC(=O)C1=C(C)NC(SCc2ccc(Br)cc2)=N[C@@H]1c1ccc(N(C)C)cc1. The topological polar surface area (TPSA) is 53.9 Å². The minimum absolute atomic E-state index is 0.329. The molecule has 3 rings (SSSR count). The first-order valence-corrected chi connectivity index (χ1v) is 11.5. The van der Waals surface area contributed by atoms with Crippen LogP contribution in [0.25, 0.3) is 0 Å². The number of rotatable bonds is 6. The van der Waals surface area contributed by atoms with E-state index in [-0.39, 0.29) is 5.97 Å². The molecule has 0 amide bonds. The fraction of sp³-hybridized carbons (Fsp3) is 0.304. The van der Waals surface area contributed by atoms with Gasteiger partial charge in [-0.1, -0.05) is 52.0 Å². The number of nitrogens with zero attached hydrogens (tertiary/aromatic N) is 2. The number of halogens is 1. The van der Waals surface area contributed by atoms with Crippen LogP contribution in [0.15, 0.2) is 69.3 Å². The Morgan fingerprint density at radius 2 is 1.83 bits per heavy atom. The van der Waals surface area contributed by atoms with Gasteiger partial charge in [0.1, 0.15) is 6.04 Å². The lowest BCUT2D eigenvalue weighted by Gasteiger charge is -2.26. The molecular formula is C23H26BrN3O2S. The summed E-state index contributed by atoms with van der Waals surface area (Å²) in [6.45, 7) is 4.05. The van der Waals surface area contributed by atoms with Gasteiger partial charge in [-0.2, -0.15) is 0 Å². The fourth-order valence-corrected chi connectivity index (χ4v) is 4.29. The van der Waals surface area contributed by atoms with Gasteiger partial charge in [-0.3, -0.25) is 0 Å². The van der Waals surface area contributed by atoms with Gasteiger partial charge in [-0.05, 0) is 49.2 Å². The lowest BCUT2D eigenvalue weighted by molar-refractivity contribution is -0.138. The van der Waals surface area contributed by atoms with E-state index in [1.165, 1.54) is 5.56 Å². The number of hydrogen-bond donors (Lipinski definition) is 1. The predicted molar refractivity (Wildman–Crippen MR) is 129 cm³/mol. The molecule has 7 heteroatoms. The molecule has 1 aliphatic heterocycles. The van der Waals surface area contributed by atoms with Crippen LogP contribution in [-0.4, -0.2) is 31.8 Å². The smallest absolute Gasteiger partial charge is 0.338 e. The van der Waals surface area contributed by atoms with Crippen LogP contribution < -0.4 is 10.2 Å². The number of hydrogen-bond acceptors (Lipinski definition) is 6. The molecule has 1 N–H and O–H groups in total. The van der Waals surface area contributed by atoms with E-state index in [0.29, 0.717) is 12.2 Å². The summed E-state index contributed by atoms with van der Waals surface area (Å²) in [6.07, 6.45) is 0. The van der Waals surface area contributed by atoms with E-state index in [9.17, 15) is 4.79 Å². The molecule has 5 nitrogen and oxygen atoms in total. The largest absolute Gasteiger partial charge is 0.463 e. The molecule has 0 saturated heterocycles. The highest BCUT2D eigenvalue weighted by Crippen LogP contribution is 2.34. The number of amidine groups is 1. The zero-order valence-electron chi connectivity index (χ0n) is 17.6.